The maximum Gasteiger partial charge on any atom is 0.329 e. The first-order chi connectivity index (χ1) is 18.5. The molecule has 39 heavy (non-hydrogen) atoms. The van der Waals surface area contributed by atoms with E-state index in [0.717, 1.165) is 6.42 Å². The minimum atomic E-state index is -0.152. The Kier molecular flexibility index (Phi) is 13.3. The molecule has 0 atom stereocenters. The molecular formula is C25H35Cl3N8O3. The number of benzene rings is 1. The maximum atomic E-state index is 12.3. The highest BCUT2D eigenvalue weighted by atomic mass is 35.5. The lowest BCUT2D eigenvalue weighted by Gasteiger charge is -2.22. The number of methoxy groups -OCH3 is 1. The molecule has 0 aliphatic rings. The van der Waals surface area contributed by atoms with Gasteiger partial charge in [-0.05, 0) is 46.2 Å². The Bertz CT molecular complexity index is 1130. The number of ether oxygens (including phenoxy) is 2. The molecule has 11 nitrogen and oxygen atoms in total. The molecule has 2 aromatic heterocycles. The van der Waals surface area contributed by atoms with Crippen LogP contribution in [0.4, 0.5) is 16.7 Å². The monoisotopic (exact) mass is 600 g/mol. The summed E-state index contributed by atoms with van der Waals surface area (Å²) in [5, 5.41) is 7.34. The lowest BCUT2D eigenvalue weighted by atomic mass is 10.3. The van der Waals surface area contributed by atoms with Gasteiger partial charge in [-0.1, -0.05) is 41.7 Å². The summed E-state index contributed by atoms with van der Waals surface area (Å²) in [4.78, 5) is 30.3. The summed E-state index contributed by atoms with van der Waals surface area (Å²) in [6.07, 6.45) is 5.48. The predicted octanol–water partition coefficient (Wildman–Crippen LogP) is 6.12. The Morgan fingerprint density at radius 3 is 2.05 bits per heavy atom. The molecule has 1 aromatic carbocycles. The third-order valence-corrected chi connectivity index (χ3v) is 5.47. The molecule has 3 rings (SSSR count). The minimum Gasteiger partial charge on any atom is -0.489 e. The summed E-state index contributed by atoms with van der Waals surface area (Å²) in [7, 11) is 1.54. The van der Waals surface area contributed by atoms with Crippen LogP contribution in [0.3, 0.4) is 0 Å². The quantitative estimate of drug-likeness (QED) is 0.268. The largest absolute Gasteiger partial charge is 0.489 e. The number of anilines is 2. The third kappa shape index (κ3) is 10.9. The number of rotatable bonds is 11. The van der Waals surface area contributed by atoms with Crippen LogP contribution >= 0.6 is 34.8 Å². The van der Waals surface area contributed by atoms with E-state index in [4.69, 9.17) is 44.3 Å². The van der Waals surface area contributed by atoms with Crippen LogP contribution in [0.15, 0.2) is 30.9 Å². The first kappa shape index (κ1) is 32.2. The van der Waals surface area contributed by atoms with Gasteiger partial charge in [0.05, 0.1) is 23.7 Å². The molecule has 0 aliphatic carbocycles. The van der Waals surface area contributed by atoms with Gasteiger partial charge in [-0.15, -0.1) is 0 Å². The molecule has 0 fully saturated rings. The summed E-state index contributed by atoms with van der Waals surface area (Å²) in [6, 6.07) is 3.80. The van der Waals surface area contributed by atoms with Crippen molar-refractivity contribution < 1.29 is 14.3 Å². The number of hydrogen-bond donors (Lipinski definition) is 2. The second-order valence-electron chi connectivity index (χ2n) is 8.85. The van der Waals surface area contributed by atoms with E-state index in [2.05, 4.69) is 30.6 Å². The number of carbonyl (C=O) groups is 1. The Labute approximate surface area is 244 Å². The normalized spacial score (nSPS) is 10.6. The van der Waals surface area contributed by atoms with Gasteiger partial charge in [0, 0.05) is 36.0 Å². The van der Waals surface area contributed by atoms with Gasteiger partial charge in [0.25, 0.3) is 0 Å². The number of nitrogens with zero attached hydrogens (tertiary/aromatic N) is 6. The number of carbonyl (C=O) groups excluding carboxylic acids is 1. The van der Waals surface area contributed by atoms with Crippen molar-refractivity contribution in [1.29, 1.82) is 0 Å². The van der Waals surface area contributed by atoms with Crippen molar-refractivity contribution in [2.75, 3.05) is 37.4 Å². The standard InChI is InChI=1S/C15H16Cl3N3O2.C10H19N5O/c1-2-4-20(15(22)21-5-3-19-10-21)6-7-23-14-12(17)8-11(16)9-13(14)18;1-6(2)11-8-13-9(12-7(3)4)15-10(14-8)16-5/h3,5,8-10H,2,4,6-7H2,1H3;6-7H,1-5H3,(H2,11,12,13,14,15). The van der Waals surface area contributed by atoms with Crippen molar-refractivity contribution in [1.82, 2.24) is 29.4 Å². The van der Waals surface area contributed by atoms with Crippen LogP contribution in [-0.2, 0) is 0 Å². The zero-order valence-electron chi connectivity index (χ0n) is 22.9. The van der Waals surface area contributed by atoms with Crippen LogP contribution in [0.2, 0.25) is 15.1 Å². The molecule has 1 amide bonds. The topological polar surface area (TPSA) is 119 Å². The van der Waals surface area contributed by atoms with Gasteiger partial charge in [0.2, 0.25) is 11.9 Å². The fourth-order valence-corrected chi connectivity index (χ4v) is 4.05. The summed E-state index contributed by atoms with van der Waals surface area (Å²) in [6.45, 7) is 11.4. The lowest BCUT2D eigenvalue weighted by molar-refractivity contribution is 0.184. The number of amides is 1. The molecule has 2 N–H and O–H groups in total. The van der Waals surface area contributed by atoms with Gasteiger partial charge >= 0.3 is 12.0 Å². The van der Waals surface area contributed by atoms with E-state index in [0.29, 0.717) is 51.8 Å². The molecule has 14 heteroatoms. The molecule has 0 spiro atoms. The van der Waals surface area contributed by atoms with Crippen LogP contribution in [0, 0.1) is 0 Å². The van der Waals surface area contributed by atoms with Gasteiger partial charge in [-0.25, -0.2) is 9.78 Å². The van der Waals surface area contributed by atoms with Gasteiger partial charge in [0.1, 0.15) is 12.9 Å². The first-order valence-corrected chi connectivity index (χ1v) is 13.5. The zero-order chi connectivity index (χ0) is 28.9. The highest BCUT2D eigenvalue weighted by Gasteiger charge is 2.16. The van der Waals surface area contributed by atoms with Crippen LogP contribution in [0.5, 0.6) is 11.8 Å². The molecular weight excluding hydrogens is 567 g/mol. The van der Waals surface area contributed by atoms with E-state index in [1.807, 2.05) is 34.6 Å². The molecule has 0 radical (unpaired) electrons. The summed E-state index contributed by atoms with van der Waals surface area (Å²) >= 11 is 18.0. The summed E-state index contributed by atoms with van der Waals surface area (Å²) < 4.78 is 12.1. The highest BCUT2D eigenvalue weighted by molar-refractivity contribution is 6.40. The minimum absolute atomic E-state index is 0.152. The third-order valence-electron chi connectivity index (χ3n) is 4.69. The van der Waals surface area contributed by atoms with Crippen LogP contribution in [0.25, 0.3) is 0 Å². The van der Waals surface area contributed by atoms with E-state index < -0.39 is 0 Å². The Morgan fingerprint density at radius 2 is 1.59 bits per heavy atom. The van der Waals surface area contributed by atoms with Gasteiger partial charge in [-0.3, -0.25) is 4.57 Å². The molecule has 214 valence electrons. The Hall–Kier alpha value is -3.02. The molecule has 0 saturated carbocycles. The van der Waals surface area contributed by atoms with Crippen LogP contribution < -0.4 is 20.1 Å². The van der Waals surface area contributed by atoms with E-state index in [1.54, 1.807) is 29.4 Å². The van der Waals surface area contributed by atoms with Gasteiger partial charge < -0.3 is 25.0 Å². The van der Waals surface area contributed by atoms with E-state index in [-0.39, 0.29) is 24.7 Å². The predicted molar refractivity (Wildman–Crippen MR) is 156 cm³/mol. The number of aromatic nitrogens is 5. The molecule has 0 unspecified atom stereocenters. The average molecular weight is 602 g/mol. The average Bonchev–Trinajstić information content (AvgIpc) is 3.39. The van der Waals surface area contributed by atoms with Crippen LogP contribution in [-0.4, -0.2) is 74.3 Å². The summed E-state index contributed by atoms with van der Waals surface area (Å²) in [5.41, 5.74) is 0. The molecule has 0 aliphatic heterocycles. The van der Waals surface area contributed by atoms with Crippen molar-refractivity contribution in [2.45, 2.75) is 53.1 Å². The fourth-order valence-electron chi connectivity index (χ4n) is 3.13. The van der Waals surface area contributed by atoms with Crippen molar-refractivity contribution in [3.05, 3.63) is 45.9 Å². The molecule has 2 heterocycles. The smallest absolute Gasteiger partial charge is 0.329 e. The maximum absolute atomic E-state index is 12.3. The highest BCUT2D eigenvalue weighted by Crippen LogP contribution is 2.35. The van der Waals surface area contributed by atoms with Gasteiger partial charge in [-0.2, -0.15) is 15.0 Å². The number of hydrogen-bond acceptors (Lipinski definition) is 9. The first-order valence-electron chi connectivity index (χ1n) is 12.4. The molecule has 3 aromatic rings. The second-order valence-corrected chi connectivity index (χ2v) is 10.1. The van der Waals surface area contributed by atoms with E-state index in [1.165, 1.54) is 18.0 Å². The lowest BCUT2D eigenvalue weighted by Crippen LogP contribution is -2.37. The number of halogens is 3. The Morgan fingerprint density at radius 1 is 1.00 bits per heavy atom. The molecule has 0 bridgehead atoms. The van der Waals surface area contributed by atoms with Crippen molar-refractivity contribution in [3.8, 4) is 11.8 Å². The van der Waals surface area contributed by atoms with E-state index >= 15 is 0 Å². The zero-order valence-corrected chi connectivity index (χ0v) is 25.2. The van der Waals surface area contributed by atoms with Crippen LogP contribution in [0.1, 0.15) is 41.0 Å². The van der Waals surface area contributed by atoms with E-state index in [9.17, 15) is 4.79 Å². The van der Waals surface area contributed by atoms with Crippen molar-refractivity contribution in [2.24, 2.45) is 0 Å². The fraction of sp³-hybridized carbons (Fsp3) is 0.480. The van der Waals surface area contributed by atoms with Gasteiger partial charge in [0.15, 0.2) is 5.75 Å². The second kappa shape index (κ2) is 16.2. The SMILES string of the molecule is CCCN(CCOc1c(Cl)cc(Cl)cc1Cl)C(=O)n1ccnc1.COc1nc(NC(C)C)nc(NC(C)C)n1. The van der Waals surface area contributed by atoms with Crippen molar-refractivity contribution >= 4 is 52.7 Å². The number of nitrogens with one attached hydrogen (secondary N) is 2. The molecule has 0 saturated heterocycles. The summed E-state index contributed by atoms with van der Waals surface area (Å²) in [5.74, 6) is 1.40. The Balaban J connectivity index is 0.000000293. The number of imidazole rings is 1. The van der Waals surface area contributed by atoms with Crippen molar-refractivity contribution in [3.63, 3.8) is 0 Å².